The molecule has 1 N–H and O–H groups in total. The summed E-state index contributed by atoms with van der Waals surface area (Å²) < 4.78 is 29.9. The fourth-order valence-corrected chi connectivity index (χ4v) is 5.10. The second-order valence-corrected chi connectivity index (χ2v) is 12.0. The number of hydrogen-bond donors (Lipinski definition) is 1. The minimum absolute atomic E-state index is 0.0737. The van der Waals surface area contributed by atoms with Crippen molar-refractivity contribution in [3.63, 3.8) is 0 Å². The number of methoxy groups -OCH3 is 1. The van der Waals surface area contributed by atoms with Crippen LogP contribution in [0.1, 0.15) is 37.2 Å². The maximum absolute atomic E-state index is 12.3. The summed E-state index contributed by atoms with van der Waals surface area (Å²) in [6, 6.07) is 9.48. The third kappa shape index (κ3) is 16.5. The fraction of sp³-hybridized carbons (Fsp3) is 0.471. The summed E-state index contributed by atoms with van der Waals surface area (Å²) >= 11 is 0. The zero-order chi connectivity index (χ0) is 44.2. The minimum Gasteiger partial charge on any atom is -0.493 e. The molecule has 0 spiro atoms. The molecular formula is C34H38N4O21. The van der Waals surface area contributed by atoms with Gasteiger partial charge in [0, 0.05) is 37.3 Å². The average Bonchev–Trinajstić information content (AvgIpc) is 3.18. The van der Waals surface area contributed by atoms with Crippen molar-refractivity contribution in [2.75, 3.05) is 39.9 Å². The lowest BCUT2D eigenvalue weighted by molar-refractivity contribution is -0.479. The van der Waals surface area contributed by atoms with E-state index >= 15 is 0 Å². The molecule has 0 radical (unpaired) electrons. The van der Waals surface area contributed by atoms with Gasteiger partial charge in [0.1, 0.15) is 38.4 Å². The molecular weight excluding hydrogens is 800 g/mol. The van der Waals surface area contributed by atoms with Gasteiger partial charge in [0.05, 0.1) is 7.11 Å². The first-order chi connectivity index (χ1) is 27.9. The number of carbonyl (C=O) groups is 6. The molecule has 3 rings (SSSR count). The third-order valence-corrected chi connectivity index (χ3v) is 7.84. The SMILES string of the molecule is C=CC(C1=CC(=O)C(OC)=CC1=O)c1ccccc1.O=C(CC[N+](=O)[O-])OCC1OC(O)C(OC(=O)CC[N+](=O)[O-])C(OC(=O)CC[N+](=O)[O-])C1OC(=O)CC[N+](=O)[O-]. The summed E-state index contributed by atoms with van der Waals surface area (Å²) in [5, 5.41) is 52.7. The number of ketones is 2. The Hall–Kier alpha value is -7.02. The number of aliphatic hydroxyl groups excluding tert-OH is 1. The molecule has 0 aromatic heterocycles. The number of nitrogens with zero attached hydrogens (tertiary/aromatic N) is 4. The van der Waals surface area contributed by atoms with Crippen molar-refractivity contribution in [1.82, 2.24) is 0 Å². The van der Waals surface area contributed by atoms with E-state index in [0.29, 0.717) is 5.57 Å². The summed E-state index contributed by atoms with van der Waals surface area (Å²) in [6.07, 6.45) is -8.94. The quantitative estimate of drug-likeness (QED) is 0.0432. The van der Waals surface area contributed by atoms with Gasteiger partial charge in [-0.05, 0) is 11.6 Å². The van der Waals surface area contributed by atoms with Gasteiger partial charge in [-0.25, -0.2) is 0 Å². The predicted octanol–water partition coefficient (Wildman–Crippen LogP) is 0.214. The van der Waals surface area contributed by atoms with Crippen molar-refractivity contribution in [2.24, 2.45) is 0 Å². The zero-order valence-electron chi connectivity index (χ0n) is 31.1. The molecule has 0 amide bonds. The lowest BCUT2D eigenvalue weighted by Crippen LogP contribution is -2.62. The van der Waals surface area contributed by atoms with E-state index in [-0.39, 0.29) is 23.2 Å². The number of nitro groups is 4. The van der Waals surface area contributed by atoms with Crippen LogP contribution in [-0.4, -0.2) is 131 Å². The van der Waals surface area contributed by atoms with E-state index in [2.05, 4.69) is 6.58 Å². The number of benzene rings is 1. The molecule has 0 bridgehead atoms. The molecule has 1 fully saturated rings. The molecule has 0 saturated carbocycles. The molecule has 25 heteroatoms. The molecule has 59 heavy (non-hydrogen) atoms. The number of aliphatic hydroxyl groups is 1. The smallest absolute Gasteiger partial charge is 0.313 e. The van der Waals surface area contributed by atoms with Crippen LogP contribution in [0.15, 0.2) is 66.5 Å². The second-order valence-electron chi connectivity index (χ2n) is 12.0. The molecule has 1 saturated heterocycles. The zero-order valence-corrected chi connectivity index (χ0v) is 31.1. The number of esters is 4. The Morgan fingerprint density at radius 1 is 0.729 bits per heavy atom. The fourth-order valence-electron chi connectivity index (χ4n) is 5.10. The summed E-state index contributed by atoms with van der Waals surface area (Å²) in [6.45, 7) is -0.704. The monoisotopic (exact) mass is 838 g/mol. The highest BCUT2D eigenvalue weighted by molar-refractivity contribution is 6.19. The Morgan fingerprint density at radius 3 is 1.64 bits per heavy atom. The van der Waals surface area contributed by atoms with Crippen molar-refractivity contribution in [2.45, 2.75) is 62.3 Å². The molecule has 320 valence electrons. The van der Waals surface area contributed by atoms with Crippen LogP contribution in [0, 0.1) is 40.5 Å². The number of hydrogen-bond acceptors (Lipinski definition) is 21. The van der Waals surface area contributed by atoms with E-state index in [9.17, 15) is 74.3 Å². The first-order valence-corrected chi connectivity index (χ1v) is 17.1. The largest absolute Gasteiger partial charge is 0.493 e. The van der Waals surface area contributed by atoms with E-state index in [1.807, 2.05) is 30.3 Å². The van der Waals surface area contributed by atoms with Gasteiger partial charge in [0.15, 0.2) is 36.1 Å². The van der Waals surface area contributed by atoms with Crippen molar-refractivity contribution in [1.29, 1.82) is 0 Å². The summed E-state index contributed by atoms with van der Waals surface area (Å²) in [7, 11) is 1.37. The van der Waals surface area contributed by atoms with Gasteiger partial charge >= 0.3 is 23.9 Å². The normalized spacial score (nSPS) is 20.1. The van der Waals surface area contributed by atoms with Crippen LogP contribution in [0.25, 0.3) is 0 Å². The van der Waals surface area contributed by atoms with Crippen LogP contribution >= 0.6 is 0 Å². The van der Waals surface area contributed by atoms with Gasteiger partial charge in [-0.15, -0.1) is 6.58 Å². The maximum Gasteiger partial charge on any atom is 0.313 e. The van der Waals surface area contributed by atoms with Gasteiger partial charge in [-0.2, -0.15) is 0 Å². The number of ether oxygens (including phenoxy) is 6. The number of allylic oxidation sites excluding steroid dienone is 4. The highest BCUT2D eigenvalue weighted by atomic mass is 16.7. The molecule has 2 aliphatic rings. The Labute approximate surface area is 332 Å². The third-order valence-electron chi connectivity index (χ3n) is 7.84. The molecule has 25 nitrogen and oxygen atoms in total. The Bertz CT molecular complexity index is 1830. The van der Waals surface area contributed by atoms with Crippen LogP contribution in [0.5, 0.6) is 0 Å². The number of carbonyl (C=O) groups excluding carboxylic acids is 6. The van der Waals surface area contributed by atoms with Crippen molar-refractivity contribution in [3.05, 3.63) is 112 Å². The van der Waals surface area contributed by atoms with Crippen molar-refractivity contribution < 1.29 is 82.0 Å². The van der Waals surface area contributed by atoms with Gasteiger partial charge in [-0.3, -0.25) is 69.2 Å². The summed E-state index contributed by atoms with van der Waals surface area (Å²) in [5.74, 6) is -5.78. The standard InChI is InChI=1S/C18H24N4O18.C16H14O3/c23-11(1-5-19(28)29)36-9-10-15(38-12(24)2-6-20(30)31)16(39-13(25)3-7-21(32)33)17(18(27)37-10)40-14(26)4-8-22(34)35;1-3-12(11-7-5-4-6-8-11)13-9-15(18)16(19-2)10-14(13)17/h10,15-18,27H,1-9H2;3-10,12H,1H2,2H3. The van der Waals surface area contributed by atoms with Gasteiger partial charge in [-0.1, -0.05) is 36.4 Å². The second kappa shape index (κ2) is 23.9. The lowest BCUT2D eigenvalue weighted by atomic mass is 9.85. The first kappa shape index (κ1) is 48.1. The average molecular weight is 839 g/mol. The molecule has 6 unspecified atom stereocenters. The van der Waals surface area contributed by atoms with E-state index < -0.39 is 133 Å². The molecule has 1 aromatic rings. The van der Waals surface area contributed by atoms with Crippen molar-refractivity contribution in [3.8, 4) is 0 Å². The molecule has 1 aromatic carbocycles. The van der Waals surface area contributed by atoms with Gasteiger partial charge in [0.2, 0.25) is 32.0 Å². The summed E-state index contributed by atoms with van der Waals surface area (Å²) in [5.41, 5.74) is 1.35. The highest BCUT2D eigenvalue weighted by Gasteiger charge is 2.52. The number of rotatable bonds is 21. The van der Waals surface area contributed by atoms with Crippen LogP contribution in [0.2, 0.25) is 0 Å². The van der Waals surface area contributed by atoms with Crippen LogP contribution in [-0.2, 0) is 57.2 Å². The van der Waals surface area contributed by atoms with Gasteiger partial charge < -0.3 is 33.5 Å². The van der Waals surface area contributed by atoms with Gasteiger partial charge in [0.25, 0.3) is 0 Å². The van der Waals surface area contributed by atoms with Crippen LogP contribution in [0.3, 0.4) is 0 Å². The molecule has 1 aliphatic carbocycles. The maximum atomic E-state index is 12.3. The molecule has 6 atom stereocenters. The topological polar surface area (TPSA) is 351 Å². The molecule has 1 aliphatic heterocycles. The van der Waals surface area contributed by atoms with E-state index in [1.54, 1.807) is 6.08 Å². The minimum atomic E-state index is -2.22. The summed E-state index contributed by atoms with van der Waals surface area (Å²) in [4.78, 5) is 111. The van der Waals surface area contributed by atoms with Crippen LogP contribution < -0.4 is 0 Å². The van der Waals surface area contributed by atoms with E-state index in [1.165, 1.54) is 19.3 Å². The first-order valence-electron chi connectivity index (χ1n) is 17.1. The Morgan fingerprint density at radius 2 is 1.19 bits per heavy atom. The Balaban J connectivity index is 0.000000521. The Kier molecular flexibility index (Phi) is 19.5. The molecule has 1 heterocycles. The lowest BCUT2D eigenvalue weighted by Gasteiger charge is -2.42. The van der Waals surface area contributed by atoms with E-state index in [4.69, 9.17) is 28.4 Å². The van der Waals surface area contributed by atoms with E-state index in [0.717, 1.165) is 5.56 Å². The predicted molar refractivity (Wildman–Crippen MR) is 190 cm³/mol. The highest BCUT2D eigenvalue weighted by Crippen LogP contribution is 2.30. The van der Waals surface area contributed by atoms with Crippen LogP contribution in [0.4, 0.5) is 0 Å². The van der Waals surface area contributed by atoms with Crippen molar-refractivity contribution >= 4 is 35.4 Å².